The number of carbonyl (C=O) groups is 1. The lowest BCUT2D eigenvalue weighted by Crippen LogP contribution is -2.41. The summed E-state index contributed by atoms with van der Waals surface area (Å²) in [5, 5.41) is 3.13. The highest BCUT2D eigenvalue weighted by molar-refractivity contribution is 7.88. The van der Waals surface area contributed by atoms with E-state index in [0.29, 0.717) is 37.4 Å². The first-order valence-electron chi connectivity index (χ1n) is 11.0. The molecule has 0 radical (unpaired) electrons. The van der Waals surface area contributed by atoms with Crippen molar-refractivity contribution in [1.82, 2.24) is 9.62 Å². The van der Waals surface area contributed by atoms with Crippen LogP contribution in [0, 0.1) is 6.92 Å². The molecule has 0 unspecified atom stereocenters. The molecule has 3 aromatic rings. The number of benzene rings is 3. The van der Waals surface area contributed by atoms with Crippen LogP contribution < -0.4 is 5.32 Å². The molecule has 0 aromatic heterocycles. The van der Waals surface area contributed by atoms with Crippen LogP contribution in [0.15, 0.2) is 78.9 Å². The van der Waals surface area contributed by atoms with E-state index >= 15 is 0 Å². The van der Waals surface area contributed by atoms with Crippen molar-refractivity contribution in [2.45, 2.75) is 18.7 Å². The molecular formula is C26H28N2O4S. The molecule has 1 aliphatic rings. The second kappa shape index (κ2) is 10.3. The van der Waals surface area contributed by atoms with Crippen LogP contribution in [0.5, 0.6) is 0 Å². The fourth-order valence-corrected chi connectivity index (χ4v) is 5.36. The molecule has 3 aromatic carbocycles. The first-order valence-corrected chi connectivity index (χ1v) is 12.6. The van der Waals surface area contributed by atoms with E-state index in [1.54, 1.807) is 24.3 Å². The first-order chi connectivity index (χ1) is 15.9. The summed E-state index contributed by atoms with van der Waals surface area (Å²) in [5.41, 5.74) is 4.27. The van der Waals surface area contributed by atoms with Crippen molar-refractivity contribution < 1.29 is 17.9 Å². The summed E-state index contributed by atoms with van der Waals surface area (Å²) in [4.78, 5) is 13.1. The molecule has 0 spiro atoms. The van der Waals surface area contributed by atoms with Gasteiger partial charge < -0.3 is 10.1 Å². The number of nitrogens with one attached hydrogen (secondary N) is 1. The van der Waals surface area contributed by atoms with Gasteiger partial charge in [0.25, 0.3) is 5.91 Å². The standard InChI is InChI=1S/C26H28N2O4S/c1-20-7-11-23(12-8-20)25(22-5-3-2-4-6-22)27-26(29)24-13-9-21(10-14-24)19-33(30,31)28-15-17-32-18-16-28/h2-14,25H,15-19H2,1H3,(H,27,29)/t25-/m0/s1. The van der Waals surface area contributed by atoms with Crippen LogP contribution in [-0.2, 0) is 20.5 Å². The predicted molar refractivity (Wildman–Crippen MR) is 128 cm³/mol. The van der Waals surface area contributed by atoms with E-state index in [1.807, 2.05) is 61.5 Å². The molecule has 0 saturated carbocycles. The number of hydrogen-bond donors (Lipinski definition) is 1. The van der Waals surface area contributed by atoms with E-state index in [9.17, 15) is 13.2 Å². The number of ether oxygens (including phenoxy) is 1. The molecule has 1 saturated heterocycles. The third-order valence-corrected chi connectivity index (χ3v) is 7.60. The number of sulfonamides is 1. The Hall–Kier alpha value is -3.00. The highest BCUT2D eigenvalue weighted by atomic mass is 32.2. The van der Waals surface area contributed by atoms with Crippen molar-refractivity contribution in [3.63, 3.8) is 0 Å². The van der Waals surface area contributed by atoms with Crippen molar-refractivity contribution in [2.24, 2.45) is 0 Å². The third-order valence-electron chi connectivity index (χ3n) is 5.75. The highest BCUT2D eigenvalue weighted by Crippen LogP contribution is 2.23. The Kier molecular flexibility index (Phi) is 7.23. The zero-order valence-corrected chi connectivity index (χ0v) is 19.4. The Balaban J connectivity index is 1.49. The van der Waals surface area contributed by atoms with Crippen LogP contribution in [0.3, 0.4) is 0 Å². The molecule has 4 rings (SSSR count). The molecule has 1 N–H and O–H groups in total. The fraction of sp³-hybridized carbons (Fsp3) is 0.269. The lowest BCUT2D eigenvalue weighted by Gasteiger charge is -2.26. The van der Waals surface area contributed by atoms with Gasteiger partial charge in [-0.05, 0) is 35.7 Å². The van der Waals surface area contributed by atoms with Gasteiger partial charge in [-0.1, -0.05) is 72.3 Å². The van der Waals surface area contributed by atoms with Crippen LogP contribution in [0.2, 0.25) is 0 Å². The molecule has 6 nitrogen and oxygen atoms in total. The molecule has 1 atom stereocenters. The third kappa shape index (κ3) is 5.87. The maximum Gasteiger partial charge on any atom is 0.252 e. The number of carbonyl (C=O) groups excluding carboxylic acids is 1. The maximum atomic E-state index is 13.1. The lowest BCUT2D eigenvalue weighted by molar-refractivity contribution is 0.0729. The molecule has 1 amide bonds. The summed E-state index contributed by atoms with van der Waals surface area (Å²) in [6.07, 6.45) is 0. The van der Waals surface area contributed by atoms with Gasteiger partial charge in [0.1, 0.15) is 0 Å². The minimum Gasteiger partial charge on any atom is -0.379 e. The lowest BCUT2D eigenvalue weighted by atomic mass is 9.97. The predicted octanol–water partition coefficient (Wildman–Crippen LogP) is 3.68. The molecular weight excluding hydrogens is 436 g/mol. The van der Waals surface area contributed by atoms with E-state index in [4.69, 9.17) is 4.74 Å². The average molecular weight is 465 g/mol. The number of aryl methyl sites for hydroxylation is 1. The van der Waals surface area contributed by atoms with E-state index in [1.165, 1.54) is 4.31 Å². The summed E-state index contributed by atoms with van der Waals surface area (Å²) >= 11 is 0. The monoisotopic (exact) mass is 464 g/mol. The number of rotatable bonds is 7. The Bertz CT molecular complexity index is 1170. The van der Waals surface area contributed by atoms with E-state index in [0.717, 1.165) is 16.7 Å². The van der Waals surface area contributed by atoms with Gasteiger partial charge in [-0.2, -0.15) is 4.31 Å². The average Bonchev–Trinajstić information content (AvgIpc) is 2.84. The SMILES string of the molecule is Cc1ccc([C@@H](NC(=O)c2ccc(CS(=O)(=O)N3CCOCC3)cc2)c2ccccc2)cc1. The van der Waals surface area contributed by atoms with E-state index < -0.39 is 10.0 Å². The van der Waals surface area contributed by atoms with Crippen molar-refractivity contribution in [2.75, 3.05) is 26.3 Å². The maximum absolute atomic E-state index is 13.1. The van der Waals surface area contributed by atoms with Gasteiger partial charge in [0.15, 0.2) is 0 Å². The van der Waals surface area contributed by atoms with E-state index in [-0.39, 0.29) is 17.7 Å². The van der Waals surface area contributed by atoms with Gasteiger partial charge >= 0.3 is 0 Å². The zero-order chi connectivity index (χ0) is 23.3. The summed E-state index contributed by atoms with van der Waals surface area (Å²) in [6.45, 7) is 3.62. The molecule has 172 valence electrons. The first kappa shape index (κ1) is 23.2. The minimum atomic E-state index is -3.41. The zero-order valence-electron chi connectivity index (χ0n) is 18.6. The Morgan fingerprint density at radius 1 is 0.909 bits per heavy atom. The van der Waals surface area contributed by atoms with Crippen molar-refractivity contribution in [3.05, 3.63) is 107 Å². The van der Waals surface area contributed by atoms with Gasteiger partial charge in [-0.25, -0.2) is 8.42 Å². The molecule has 1 fully saturated rings. The largest absolute Gasteiger partial charge is 0.379 e. The molecule has 1 aliphatic heterocycles. The van der Waals surface area contributed by atoms with Crippen LogP contribution >= 0.6 is 0 Å². The molecule has 7 heteroatoms. The van der Waals surface area contributed by atoms with Gasteiger partial charge in [-0.3, -0.25) is 4.79 Å². The fourth-order valence-electron chi connectivity index (χ4n) is 3.86. The quantitative estimate of drug-likeness (QED) is 0.579. The van der Waals surface area contributed by atoms with E-state index in [2.05, 4.69) is 5.32 Å². The van der Waals surface area contributed by atoms with Crippen molar-refractivity contribution in [1.29, 1.82) is 0 Å². The van der Waals surface area contributed by atoms with Gasteiger partial charge in [0.2, 0.25) is 10.0 Å². The number of morpholine rings is 1. The Labute approximate surface area is 195 Å². The minimum absolute atomic E-state index is 0.0924. The molecule has 0 aliphatic carbocycles. The summed E-state index contributed by atoms with van der Waals surface area (Å²) in [6, 6.07) is 24.4. The normalized spacial score (nSPS) is 15.7. The van der Waals surface area contributed by atoms with Crippen LogP contribution in [0.1, 0.15) is 38.7 Å². The van der Waals surface area contributed by atoms with Crippen molar-refractivity contribution in [3.8, 4) is 0 Å². The summed E-state index contributed by atoms with van der Waals surface area (Å²) < 4.78 is 32.0. The van der Waals surface area contributed by atoms with Crippen LogP contribution in [0.4, 0.5) is 0 Å². The second-order valence-corrected chi connectivity index (χ2v) is 10.2. The second-order valence-electron chi connectivity index (χ2n) is 8.19. The smallest absolute Gasteiger partial charge is 0.252 e. The van der Waals surface area contributed by atoms with Crippen molar-refractivity contribution >= 4 is 15.9 Å². The molecule has 1 heterocycles. The van der Waals surface area contributed by atoms with Gasteiger partial charge in [0, 0.05) is 18.7 Å². The highest BCUT2D eigenvalue weighted by Gasteiger charge is 2.25. The summed E-state index contributed by atoms with van der Waals surface area (Å²) in [5.74, 6) is -0.308. The molecule has 33 heavy (non-hydrogen) atoms. The van der Waals surface area contributed by atoms with Gasteiger partial charge in [0.05, 0.1) is 25.0 Å². The van der Waals surface area contributed by atoms with Crippen LogP contribution in [-0.4, -0.2) is 44.9 Å². The van der Waals surface area contributed by atoms with Crippen LogP contribution in [0.25, 0.3) is 0 Å². The topological polar surface area (TPSA) is 75.7 Å². The Morgan fingerprint density at radius 2 is 1.52 bits per heavy atom. The molecule has 0 bridgehead atoms. The number of nitrogens with zero attached hydrogens (tertiary/aromatic N) is 1. The number of hydrogen-bond acceptors (Lipinski definition) is 4. The number of amides is 1. The Morgan fingerprint density at radius 3 is 2.15 bits per heavy atom. The summed E-state index contributed by atoms with van der Waals surface area (Å²) in [7, 11) is -3.41. The van der Waals surface area contributed by atoms with Gasteiger partial charge in [-0.15, -0.1) is 0 Å².